The van der Waals surface area contributed by atoms with Crippen LogP contribution in [0.1, 0.15) is 90.9 Å². The SMILES string of the molecule is COc1ccc(S(=O)(=O)/N=C(\CC2CCCCC2)N(C(C)C)C2CCCCCC2)cc1. The van der Waals surface area contributed by atoms with Gasteiger partial charge >= 0.3 is 0 Å². The van der Waals surface area contributed by atoms with Crippen LogP contribution in [0.2, 0.25) is 0 Å². The fraction of sp³-hybridized carbons (Fsp3) is 0.720. The van der Waals surface area contributed by atoms with Crippen molar-refractivity contribution in [2.24, 2.45) is 10.3 Å². The zero-order valence-electron chi connectivity index (χ0n) is 19.6. The van der Waals surface area contributed by atoms with Crippen molar-refractivity contribution in [2.75, 3.05) is 7.11 Å². The van der Waals surface area contributed by atoms with Crippen molar-refractivity contribution in [1.29, 1.82) is 0 Å². The lowest BCUT2D eigenvalue weighted by molar-refractivity contribution is 0.228. The molecule has 0 amide bonds. The Labute approximate surface area is 189 Å². The maximum atomic E-state index is 13.3. The van der Waals surface area contributed by atoms with Crippen molar-refractivity contribution in [2.45, 2.75) is 108 Å². The zero-order chi connectivity index (χ0) is 22.3. The molecule has 0 bridgehead atoms. The van der Waals surface area contributed by atoms with Gasteiger partial charge in [0.2, 0.25) is 0 Å². The van der Waals surface area contributed by atoms with Crippen molar-refractivity contribution in [3.8, 4) is 5.75 Å². The molecule has 0 spiro atoms. The van der Waals surface area contributed by atoms with Gasteiger partial charge in [0, 0.05) is 18.5 Å². The number of nitrogens with zero attached hydrogens (tertiary/aromatic N) is 2. The van der Waals surface area contributed by atoms with Crippen LogP contribution in [0.4, 0.5) is 0 Å². The highest BCUT2D eigenvalue weighted by atomic mass is 32.2. The fourth-order valence-electron chi connectivity index (χ4n) is 5.24. The number of methoxy groups -OCH3 is 1. The Hall–Kier alpha value is -1.56. The summed E-state index contributed by atoms with van der Waals surface area (Å²) >= 11 is 0. The summed E-state index contributed by atoms with van der Waals surface area (Å²) in [5.41, 5.74) is 0. The molecule has 0 aromatic heterocycles. The lowest BCUT2D eigenvalue weighted by Gasteiger charge is -2.39. The topological polar surface area (TPSA) is 59.0 Å². The fourth-order valence-corrected chi connectivity index (χ4v) is 6.28. The van der Waals surface area contributed by atoms with Gasteiger partial charge in [-0.05, 0) is 56.9 Å². The van der Waals surface area contributed by atoms with Gasteiger partial charge in [0.1, 0.15) is 11.6 Å². The third kappa shape index (κ3) is 6.71. The lowest BCUT2D eigenvalue weighted by atomic mass is 9.86. The number of hydrogen-bond donors (Lipinski definition) is 0. The van der Waals surface area contributed by atoms with Crippen LogP contribution >= 0.6 is 0 Å². The maximum absolute atomic E-state index is 13.3. The quantitative estimate of drug-likeness (QED) is 0.284. The number of benzene rings is 1. The third-order valence-corrected chi connectivity index (χ3v) is 8.17. The van der Waals surface area contributed by atoms with E-state index in [4.69, 9.17) is 4.74 Å². The molecule has 0 aliphatic heterocycles. The van der Waals surface area contributed by atoms with Gasteiger partial charge in [0.05, 0.1) is 12.0 Å². The Kier molecular flexibility index (Phi) is 8.82. The van der Waals surface area contributed by atoms with Crippen LogP contribution < -0.4 is 4.74 Å². The summed E-state index contributed by atoms with van der Waals surface area (Å²) in [7, 11) is -2.19. The van der Waals surface area contributed by atoms with Crippen molar-refractivity contribution < 1.29 is 13.2 Å². The van der Waals surface area contributed by atoms with Crippen LogP contribution in [0.15, 0.2) is 33.6 Å². The van der Waals surface area contributed by atoms with Crippen LogP contribution in [-0.2, 0) is 10.0 Å². The Morgan fingerprint density at radius 1 is 0.968 bits per heavy atom. The molecular weight excluding hydrogens is 408 g/mol. The average Bonchev–Trinajstić information content (AvgIpc) is 3.03. The molecule has 1 aromatic rings. The van der Waals surface area contributed by atoms with Gasteiger partial charge < -0.3 is 9.64 Å². The number of rotatable bonds is 7. The van der Waals surface area contributed by atoms with Crippen LogP contribution in [0.3, 0.4) is 0 Å². The Morgan fingerprint density at radius 3 is 2.06 bits per heavy atom. The van der Waals surface area contributed by atoms with Gasteiger partial charge in [-0.2, -0.15) is 8.42 Å². The second-order valence-electron chi connectivity index (χ2n) is 9.51. The minimum absolute atomic E-state index is 0.233. The standard InChI is InChI=1S/C25H40N2O3S/c1-20(2)27(22-13-9-4-5-10-14-22)25(19-21-11-7-6-8-12-21)26-31(28,29)24-17-15-23(30-3)16-18-24/h15-18,20-22H,4-14,19H2,1-3H3/b26-25+. The molecule has 6 heteroatoms. The van der Waals surface area contributed by atoms with Gasteiger partial charge in [0.25, 0.3) is 10.0 Å². The molecule has 3 rings (SSSR count). The normalized spacial score (nSPS) is 19.9. The predicted octanol–water partition coefficient (Wildman–Crippen LogP) is 6.19. The van der Waals surface area contributed by atoms with Gasteiger partial charge in [-0.3, -0.25) is 0 Å². The summed E-state index contributed by atoms with van der Waals surface area (Å²) in [5.74, 6) is 1.96. The molecule has 0 heterocycles. The highest BCUT2D eigenvalue weighted by Gasteiger charge is 2.29. The molecular formula is C25H40N2O3S. The van der Waals surface area contributed by atoms with Crippen molar-refractivity contribution in [1.82, 2.24) is 4.90 Å². The second kappa shape index (κ2) is 11.3. The first-order chi connectivity index (χ1) is 14.9. The smallest absolute Gasteiger partial charge is 0.283 e. The average molecular weight is 449 g/mol. The molecule has 0 unspecified atom stereocenters. The van der Waals surface area contributed by atoms with E-state index >= 15 is 0 Å². The van der Waals surface area contributed by atoms with E-state index in [1.807, 2.05) is 0 Å². The molecule has 31 heavy (non-hydrogen) atoms. The van der Waals surface area contributed by atoms with E-state index in [9.17, 15) is 8.42 Å². The molecule has 0 radical (unpaired) electrons. The van der Waals surface area contributed by atoms with Crippen molar-refractivity contribution in [3.05, 3.63) is 24.3 Å². The molecule has 1 aromatic carbocycles. The summed E-state index contributed by atoms with van der Waals surface area (Å²) in [4.78, 5) is 2.60. The van der Waals surface area contributed by atoms with Crippen LogP contribution in [-0.4, -0.2) is 38.3 Å². The Balaban J connectivity index is 1.96. The summed E-state index contributed by atoms with van der Waals surface area (Å²) in [6, 6.07) is 7.19. The van der Waals surface area contributed by atoms with Crippen molar-refractivity contribution >= 4 is 15.9 Å². The van der Waals surface area contributed by atoms with Gasteiger partial charge in [-0.25, -0.2) is 0 Å². The van der Waals surface area contributed by atoms with Crippen molar-refractivity contribution in [3.63, 3.8) is 0 Å². The van der Waals surface area contributed by atoms with Gasteiger partial charge in [-0.15, -0.1) is 4.40 Å². The molecule has 0 atom stereocenters. The van der Waals surface area contributed by atoms with E-state index < -0.39 is 10.0 Å². The largest absolute Gasteiger partial charge is 0.497 e. The van der Waals surface area contributed by atoms with E-state index in [2.05, 4.69) is 23.1 Å². The first-order valence-corrected chi connectivity index (χ1v) is 13.6. The molecule has 174 valence electrons. The molecule has 2 aliphatic carbocycles. The summed E-state index contributed by atoms with van der Waals surface area (Å²) in [6.07, 6.45) is 14.2. The molecule has 2 aliphatic rings. The molecule has 2 saturated carbocycles. The Bertz CT molecular complexity index is 804. The minimum Gasteiger partial charge on any atom is -0.497 e. The molecule has 0 saturated heterocycles. The zero-order valence-corrected chi connectivity index (χ0v) is 20.4. The minimum atomic E-state index is -3.77. The van der Waals surface area contributed by atoms with Crippen LogP contribution in [0, 0.1) is 5.92 Å². The third-order valence-electron chi connectivity index (χ3n) is 6.85. The van der Waals surface area contributed by atoms with E-state index in [0.29, 0.717) is 17.7 Å². The summed E-state index contributed by atoms with van der Waals surface area (Å²) in [6.45, 7) is 4.36. The van der Waals surface area contributed by atoms with E-state index in [0.717, 1.165) is 25.1 Å². The van der Waals surface area contributed by atoms with Gasteiger partial charge in [0.15, 0.2) is 0 Å². The van der Waals surface area contributed by atoms with Crippen LogP contribution in [0.25, 0.3) is 0 Å². The highest BCUT2D eigenvalue weighted by molar-refractivity contribution is 7.90. The van der Waals surface area contributed by atoms with E-state index in [-0.39, 0.29) is 10.9 Å². The lowest BCUT2D eigenvalue weighted by Crippen LogP contribution is -2.46. The number of amidine groups is 1. The molecule has 0 N–H and O–H groups in total. The highest BCUT2D eigenvalue weighted by Crippen LogP contribution is 2.31. The monoisotopic (exact) mass is 448 g/mol. The maximum Gasteiger partial charge on any atom is 0.283 e. The molecule has 5 nitrogen and oxygen atoms in total. The van der Waals surface area contributed by atoms with E-state index in [1.54, 1.807) is 31.4 Å². The van der Waals surface area contributed by atoms with E-state index in [1.165, 1.54) is 57.8 Å². The molecule has 2 fully saturated rings. The predicted molar refractivity (Wildman–Crippen MR) is 127 cm³/mol. The first kappa shape index (κ1) is 24.1. The second-order valence-corrected chi connectivity index (χ2v) is 11.1. The number of sulfonamides is 1. The summed E-state index contributed by atoms with van der Waals surface area (Å²) < 4.78 is 36.3. The number of ether oxygens (including phenoxy) is 1. The summed E-state index contributed by atoms with van der Waals surface area (Å²) in [5, 5.41) is 0. The first-order valence-electron chi connectivity index (χ1n) is 12.2. The Morgan fingerprint density at radius 2 is 1.52 bits per heavy atom. The van der Waals surface area contributed by atoms with Crippen LogP contribution in [0.5, 0.6) is 5.75 Å². The van der Waals surface area contributed by atoms with Gasteiger partial charge in [-0.1, -0.05) is 57.8 Å². The number of hydrogen-bond acceptors (Lipinski definition) is 3.